The number of rotatable bonds is 2. The summed E-state index contributed by atoms with van der Waals surface area (Å²) in [6, 6.07) is 2.61. The molecule has 4 nitrogen and oxygen atoms in total. The Kier molecular flexibility index (Phi) is 4.25. The largest absolute Gasteiger partial charge is 0.417 e. The summed E-state index contributed by atoms with van der Waals surface area (Å²) < 4.78 is 39.7. The lowest BCUT2D eigenvalue weighted by Crippen LogP contribution is -2.06. The van der Waals surface area contributed by atoms with Crippen molar-refractivity contribution in [2.24, 2.45) is 0 Å². The molecule has 0 atom stereocenters. The van der Waals surface area contributed by atoms with Crippen molar-refractivity contribution in [3.8, 4) is 6.07 Å². The van der Waals surface area contributed by atoms with E-state index in [9.17, 15) is 18.4 Å². The summed E-state index contributed by atoms with van der Waals surface area (Å²) in [7, 11) is 0. The SMILES string of the molecule is N#C/C(=C\c1c(Cl)nc2sccn12)c1ncc(C(F)(F)F)cc1Cl. The maximum atomic E-state index is 12.7. The Morgan fingerprint density at radius 2 is 2.12 bits per heavy atom. The van der Waals surface area contributed by atoms with Crippen LogP contribution in [-0.2, 0) is 6.18 Å². The second-order valence-corrected chi connectivity index (χ2v) is 6.20. The number of hydrogen-bond acceptors (Lipinski definition) is 4. The molecule has 122 valence electrons. The summed E-state index contributed by atoms with van der Waals surface area (Å²) in [5, 5.41) is 11.0. The first-order chi connectivity index (χ1) is 11.3. The molecule has 24 heavy (non-hydrogen) atoms. The van der Waals surface area contributed by atoms with Crippen molar-refractivity contribution in [3.05, 3.63) is 51.0 Å². The fraction of sp³-hybridized carbons (Fsp3) is 0.0714. The van der Waals surface area contributed by atoms with Crippen LogP contribution in [0.4, 0.5) is 13.2 Å². The molecule has 3 aromatic heterocycles. The number of nitrogens with zero attached hydrogens (tertiary/aromatic N) is 4. The van der Waals surface area contributed by atoms with Gasteiger partial charge in [0.1, 0.15) is 6.07 Å². The van der Waals surface area contributed by atoms with Crippen LogP contribution in [0.3, 0.4) is 0 Å². The Morgan fingerprint density at radius 3 is 2.75 bits per heavy atom. The number of thiazole rings is 1. The van der Waals surface area contributed by atoms with Crippen molar-refractivity contribution < 1.29 is 13.2 Å². The minimum absolute atomic E-state index is 0.0244. The van der Waals surface area contributed by atoms with Crippen molar-refractivity contribution in [3.63, 3.8) is 0 Å². The highest BCUT2D eigenvalue weighted by molar-refractivity contribution is 7.15. The number of aromatic nitrogens is 3. The van der Waals surface area contributed by atoms with Crippen LogP contribution in [0.15, 0.2) is 23.8 Å². The first-order valence-electron chi connectivity index (χ1n) is 6.27. The summed E-state index contributed by atoms with van der Waals surface area (Å²) in [6.07, 6.45) is -0.841. The molecule has 0 aliphatic heterocycles. The summed E-state index contributed by atoms with van der Waals surface area (Å²) >= 11 is 13.3. The summed E-state index contributed by atoms with van der Waals surface area (Å²) in [5.41, 5.74) is -0.657. The van der Waals surface area contributed by atoms with Crippen LogP contribution < -0.4 is 0 Å². The number of hydrogen-bond donors (Lipinski definition) is 0. The van der Waals surface area contributed by atoms with Gasteiger partial charge in [0.25, 0.3) is 0 Å². The predicted octanol–water partition coefficient (Wildman–Crippen LogP) is 5.18. The van der Waals surface area contributed by atoms with Gasteiger partial charge in [0, 0.05) is 17.8 Å². The number of nitriles is 1. The molecule has 0 aliphatic carbocycles. The zero-order valence-corrected chi connectivity index (χ0v) is 13.8. The van der Waals surface area contributed by atoms with E-state index in [1.165, 1.54) is 17.4 Å². The van der Waals surface area contributed by atoms with E-state index in [-0.39, 0.29) is 21.4 Å². The predicted molar refractivity (Wildman–Crippen MR) is 85.8 cm³/mol. The third-order valence-electron chi connectivity index (χ3n) is 3.08. The second kappa shape index (κ2) is 6.09. The van der Waals surface area contributed by atoms with Crippen LogP contribution in [0.2, 0.25) is 10.2 Å². The Morgan fingerprint density at radius 1 is 1.38 bits per heavy atom. The fourth-order valence-corrected chi connectivity index (χ4v) is 3.25. The number of fused-ring (bicyclic) bond motifs is 1. The lowest BCUT2D eigenvalue weighted by Gasteiger charge is -2.08. The van der Waals surface area contributed by atoms with Gasteiger partial charge >= 0.3 is 6.18 Å². The van der Waals surface area contributed by atoms with Gasteiger partial charge in [0.15, 0.2) is 10.1 Å². The number of alkyl halides is 3. The standard InChI is InChI=1S/C14H5Cl2F3N4S/c15-9-4-8(14(17,18)19)6-21-11(9)7(5-20)3-10-12(16)22-13-23(10)1-2-24-13/h1-4,6H/b7-3+. The molecule has 3 rings (SSSR count). The highest BCUT2D eigenvalue weighted by Gasteiger charge is 2.31. The molecule has 0 spiro atoms. The highest BCUT2D eigenvalue weighted by Crippen LogP contribution is 2.33. The molecular weight excluding hydrogens is 384 g/mol. The normalized spacial score (nSPS) is 12.6. The first-order valence-corrected chi connectivity index (χ1v) is 7.91. The van der Waals surface area contributed by atoms with E-state index in [2.05, 4.69) is 9.97 Å². The van der Waals surface area contributed by atoms with Crippen LogP contribution in [0.1, 0.15) is 17.0 Å². The average molecular weight is 389 g/mol. The van der Waals surface area contributed by atoms with Crippen LogP contribution >= 0.6 is 34.5 Å². The molecule has 0 saturated heterocycles. The van der Waals surface area contributed by atoms with Crippen LogP contribution in [0.25, 0.3) is 16.6 Å². The molecular formula is C14H5Cl2F3N4S. The van der Waals surface area contributed by atoms with E-state index in [1.54, 1.807) is 16.0 Å². The van der Waals surface area contributed by atoms with Crippen molar-refractivity contribution in [1.82, 2.24) is 14.4 Å². The fourth-order valence-electron chi connectivity index (χ4n) is 1.99. The molecule has 0 N–H and O–H groups in total. The van der Waals surface area contributed by atoms with Crippen molar-refractivity contribution >= 4 is 51.1 Å². The Hall–Kier alpha value is -2.08. The van der Waals surface area contributed by atoms with Crippen LogP contribution in [0, 0.1) is 11.3 Å². The molecule has 0 fully saturated rings. The molecule has 0 aromatic carbocycles. The second-order valence-electron chi connectivity index (χ2n) is 4.57. The molecule has 0 aliphatic rings. The minimum atomic E-state index is -4.57. The molecule has 3 heterocycles. The van der Waals surface area contributed by atoms with Crippen LogP contribution in [0.5, 0.6) is 0 Å². The lowest BCUT2D eigenvalue weighted by atomic mass is 10.1. The number of pyridine rings is 1. The molecule has 0 unspecified atom stereocenters. The lowest BCUT2D eigenvalue weighted by molar-refractivity contribution is -0.137. The monoisotopic (exact) mass is 388 g/mol. The van der Waals surface area contributed by atoms with Gasteiger partial charge in [0.2, 0.25) is 0 Å². The Labute approximate surface area is 147 Å². The third kappa shape index (κ3) is 2.98. The van der Waals surface area contributed by atoms with Gasteiger partial charge in [-0.05, 0) is 12.1 Å². The number of imidazole rings is 1. The van der Waals surface area contributed by atoms with Crippen LogP contribution in [-0.4, -0.2) is 14.4 Å². The molecule has 10 heteroatoms. The highest BCUT2D eigenvalue weighted by atomic mass is 35.5. The number of halogens is 5. The molecule has 0 radical (unpaired) electrons. The quantitative estimate of drug-likeness (QED) is 0.568. The zero-order valence-electron chi connectivity index (χ0n) is 11.5. The molecule has 0 amide bonds. The third-order valence-corrected chi connectivity index (χ3v) is 4.40. The van der Waals surface area contributed by atoms with E-state index in [0.29, 0.717) is 16.9 Å². The van der Waals surface area contributed by atoms with Gasteiger partial charge in [-0.25, -0.2) is 4.98 Å². The summed E-state index contributed by atoms with van der Waals surface area (Å²) in [4.78, 5) is 8.42. The van der Waals surface area contributed by atoms with E-state index in [0.717, 1.165) is 6.07 Å². The first kappa shape index (κ1) is 16.8. The average Bonchev–Trinajstić information content (AvgIpc) is 3.06. The van der Waals surface area contributed by atoms with Gasteiger partial charge in [-0.1, -0.05) is 23.2 Å². The Balaban J connectivity index is 2.11. The van der Waals surface area contributed by atoms with E-state index in [4.69, 9.17) is 23.2 Å². The van der Waals surface area contributed by atoms with Gasteiger partial charge in [0.05, 0.1) is 27.5 Å². The van der Waals surface area contributed by atoms with E-state index < -0.39 is 11.7 Å². The van der Waals surface area contributed by atoms with Gasteiger partial charge in [-0.2, -0.15) is 18.4 Å². The van der Waals surface area contributed by atoms with Crippen molar-refractivity contribution in [2.75, 3.05) is 0 Å². The van der Waals surface area contributed by atoms with Gasteiger partial charge in [-0.3, -0.25) is 9.38 Å². The van der Waals surface area contributed by atoms with E-state index in [1.807, 2.05) is 6.07 Å². The topological polar surface area (TPSA) is 54.0 Å². The van der Waals surface area contributed by atoms with Gasteiger partial charge in [-0.15, -0.1) is 11.3 Å². The molecule has 3 aromatic rings. The van der Waals surface area contributed by atoms with Crippen molar-refractivity contribution in [1.29, 1.82) is 5.26 Å². The zero-order chi connectivity index (χ0) is 17.5. The van der Waals surface area contributed by atoms with Crippen molar-refractivity contribution in [2.45, 2.75) is 6.18 Å². The van der Waals surface area contributed by atoms with E-state index >= 15 is 0 Å². The Bertz CT molecular complexity index is 998. The maximum Gasteiger partial charge on any atom is 0.417 e. The maximum absolute atomic E-state index is 12.7. The number of allylic oxidation sites excluding steroid dienone is 1. The summed E-state index contributed by atoms with van der Waals surface area (Å²) in [5.74, 6) is 0. The smallest absolute Gasteiger partial charge is 0.289 e. The molecule has 0 saturated carbocycles. The minimum Gasteiger partial charge on any atom is -0.289 e. The molecule has 0 bridgehead atoms. The summed E-state index contributed by atoms with van der Waals surface area (Å²) in [6.45, 7) is 0. The van der Waals surface area contributed by atoms with Gasteiger partial charge < -0.3 is 0 Å².